The van der Waals surface area contributed by atoms with Gasteiger partial charge in [-0.2, -0.15) is 0 Å². The third-order valence-corrected chi connectivity index (χ3v) is 4.88. The van der Waals surface area contributed by atoms with Crippen LogP contribution in [0.3, 0.4) is 0 Å². The number of pyridine rings is 1. The Morgan fingerprint density at radius 2 is 1.85 bits per heavy atom. The minimum atomic E-state index is -0.895. The van der Waals surface area contributed by atoms with Gasteiger partial charge in [0.15, 0.2) is 0 Å². The van der Waals surface area contributed by atoms with E-state index in [1.807, 2.05) is 18.2 Å². The van der Waals surface area contributed by atoms with Crippen LogP contribution >= 0.6 is 0 Å². The molecule has 0 bridgehead atoms. The molecule has 2 N–H and O–H groups in total. The van der Waals surface area contributed by atoms with Gasteiger partial charge in [-0.05, 0) is 26.0 Å². The number of aliphatic hydroxyl groups excluding tert-OH is 1. The molecule has 0 aliphatic carbocycles. The number of nitrogens with one attached hydrogen (secondary N) is 1. The zero-order valence-corrected chi connectivity index (χ0v) is 15.4. The van der Waals surface area contributed by atoms with Crippen LogP contribution in [-0.2, 0) is 11.3 Å². The Labute approximate surface area is 153 Å². The van der Waals surface area contributed by atoms with Crippen LogP contribution in [0.1, 0.15) is 19.5 Å². The lowest BCUT2D eigenvalue weighted by Gasteiger charge is -2.35. The van der Waals surface area contributed by atoms with Crippen LogP contribution in [0.2, 0.25) is 0 Å². The fourth-order valence-electron chi connectivity index (χ4n) is 3.40. The molecule has 0 saturated carbocycles. The summed E-state index contributed by atoms with van der Waals surface area (Å²) in [5, 5.41) is 13.0. The lowest BCUT2D eigenvalue weighted by Crippen LogP contribution is -2.50. The van der Waals surface area contributed by atoms with Crippen LogP contribution in [0.15, 0.2) is 24.4 Å². The van der Waals surface area contributed by atoms with E-state index in [1.165, 1.54) is 0 Å². The van der Waals surface area contributed by atoms with E-state index in [-0.39, 0.29) is 12.5 Å². The average Bonchev–Trinajstić information content (AvgIpc) is 2.79. The van der Waals surface area contributed by atoms with E-state index in [4.69, 9.17) is 0 Å². The number of β-amino-alcohol motifs (C(OH)–C–C–N with tert-alkyl or cyclic N) is 1. The van der Waals surface area contributed by atoms with Crippen LogP contribution in [0.25, 0.3) is 0 Å². The van der Waals surface area contributed by atoms with Crippen molar-refractivity contribution in [1.82, 2.24) is 25.0 Å². The first kappa shape index (κ1) is 18.8. The summed E-state index contributed by atoms with van der Waals surface area (Å²) in [7, 11) is 0. The number of amides is 3. The van der Waals surface area contributed by atoms with Crippen molar-refractivity contribution in [2.24, 2.45) is 0 Å². The number of nitrogens with zero attached hydrogens (tertiary/aromatic N) is 4. The normalized spacial score (nSPS) is 22.5. The summed E-state index contributed by atoms with van der Waals surface area (Å²) < 4.78 is 0. The molecule has 26 heavy (non-hydrogen) atoms. The van der Waals surface area contributed by atoms with Gasteiger partial charge in [0.25, 0.3) is 5.91 Å². The number of piperazine rings is 1. The molecule has 8 nitrogen and oxygen atoms in total. The number of rotatable bonds is 6. The Hall–Kier alpha value is -2.03. The lowest BCUT2D eigenvalue weighted by molar-refractivity contribution is -0.131. The van der Waals surface area contributed by atoms with Crippen molar-refractivity contribution in [3.63, 3.8) is 0 Å². The van der Waals surface area contributed by atoms with Crippen LogP contribution in [0.4, 0.5) is 4.79 Å². The minimum absolute atomic E-state index is 0.0300. The molecule has 3 heterocycles. The number of imide groups is 1. The van der Waals surface area contributed by atoms with Crippen molar-refractivity contribution in [2.45, 2.75) is 32.0 Å². The highest BCUT2D eigenvalue weighted by Crippen LogP contribution is 2.17. The molecule has 1 aromatic heterocycles. The molecule has 0 aromatic carbocycles. The molecule has 2 aliphatic rings. The van der Waals surface area contributed by atoms with Crippen LogP contribution in [-0.4, -0.2) is 87.6 Å². The van der Waals surface area contributed by atoms with E-state index in [9.17, 15) is 14.7 Å². The summed E-state index contributed by atoms with van der Waals surface area (Å²) in [6, 6.07) is 5.50. The predicted molar refractivity (Wildman–Crippen MR) is 96.3 cm³/mol. The summed E-state index contributed by atoms with van der Waals surface area (Å²) >= 11 is 0. The highest BCUT2D eigenvalue weighted by molar-refractivity contribution is 6.06. The standard InChI is InChI=1S/C18H27N5O3/c1-18(2)16(25)23(17(26)20-18)13-15(24)12-22-9-7-21(8-10-22)11-14-5-3-4-6-19-14/h3-6,15,24H,7-13H2,1-2H3,(H,20,26)/t15-/m1/s1. The van der Waals surface area contributed by atoms with E-state index in [2.05, 4.69) is 20.1 Å². The largest absolute Gasteiger partial charge is 0.390 e. The van der Waals surface area contributed by atoms with Gasteiger partial charge < -0.3 is 10.4 Å². The van der Waals surface area contributed by atoms with Crippen molar-refractivity contribution >= 4 is 11.9 Å². The van der Waals surface area contributed by atoms with Gasteiger partial charge in [-0.1, -0.05) is 6.07 Å². The maximum absolute atomic E-state index is 12.2. The second-order valence-corrected chi connectivity index (χ2v) is 7.52. The molecule has 3 rings (SSSR count). The number of hydrogen-bond acceptors (Lipinski definition) is 6. The number of aliphatic hydroxyl groups is 1. The monoisotopic (exact) mass is 361 g/mol. The van der Waals surface area contributed by atoms with E-state index in [1.54, 1.807) is 20.0 Å². The van der Waals surface area contributed by atoms with Gasteiger partial charge in [0, 0.05) is 45.5 Å². The molecule has 2 aliphatic heterocycles. The molecule has 1 aromatic rings. The van der Waals surface area contributed by atoms with Crippen LogP contribution < -0.4 is 5.32 Å². The SMILES string of the molecule is CC1(C)NC(=O)N(C[C@H](O)CN2CCN(Cc3ccccn3)CC2)C1=O. The first-order valence-corrected chi connectivity index (χ1v) is 9.02. The number of carbonyl (C=O) groups is 2. The fraction of sp³-hybridized carbons (Fsp3) is 0.611. The minimum Gasteiger partial charge on any atom is -0.390 e. The Bertz CT molecular complexity index is 643. The Morgan fingerprint density at radius 1 is 1.15 bits per heavy atom. The summed E-state index contributed by atoms with van der Waals surface area (Å²) in [6.45, 7) is 8.14. The zero-order valence-electron chi connectivity index (χ0n) is 15.4. The van der Waals surface area contributed by atoms with Crippen molar-refractivity contribution in [3.8, 4) is 0 Å². The quantitative estimate of drug-likeness (QED) is 0.688. The van der Waals surface area contributed by atoms with Gasteiger partial charge in [0.05, 0.1) is 18.3 Å². The first-order chi connectivity index (χ1) is 12.3. The topological polar surface area (TPSA) is 89.0 Å². The molecule has 2 saturated heterocycles. The van der Waals surface area contributed by atoms with Crippen molar-refractivity contribution < 1.29 is 14.7 Å². The van der Waals surface area contributed by atoms with Crippen LogP contribution in [0.5, 0.6) is 0 Å². The average molecular weight is 361 g/mol. The molecule has 3 amide bonds. The van der Waals surface area contributed by atoms with Crippen molar-refractivity contribution in [3.05, 3.63) is 30.1 Å². The zero-order chi connectivity index (χ0) is 18.7. The van der Waals surface area contributed by atoms with Gasteiger partial charge in [-0.25, -0.2) is 4.79 Å². The summed E-state index contributed by atoms with van der Waals surface area (Å²) in [6.07, 6.45) is 1.06. The van der Waals surface area contributed by atoms with E-state index >= 15 is 0 Å². The second kappa shape index (κ2) is 7.69. The smallest absolute Gasteiger partial charge is 0.325 e. The molecular weight excluding hydrogens is 334 g/mol. The maximum Gasteiger partial charge on any atom is 0.325 e. The third-order valence-electron chi connectivity index (χ3n) is 4.88. The molecule has 1 atom stereocenters. The molecule has 2 fully saturated rings. The lowest BCUT2D eigenvalue weighted by atomic mass is 10.1. The number of hydrogen-bond donors (Lipinski definition) is 2. The number of carbonyl (C=O) groups excluding carboxylic acids is 2. The number of aromatic nitrogens is 1. The highest BCUT2D eigenvalue weighted by atomic mass is 16.3. The van der Waals surface area contributed by atoms with Crippen molar-refractivity contribution in [2.75, 3.05) is 39.3 Å². The van der Waals surface area contributed by atoms with Gasteiger partial charge in [-0.15, -0.1) is 0 Å². The fourth-order valence-corrected chi connectivity index (χ4v) is 3.40. The predicted octanol–water partition coefficient (Wildman–Crippen LogP) is -0.109. The first-order valence-electron chi connectivity index (χ1n) is 9.02. The summed E-state index contributed by atoms with van der Waals surface area (Å²) in [4.78, 5) is 34.1. The van der Waals surface area contributed by atoms with Gasteiger partial charge in [-0.3, -0.25) is 24.5 Å². The van der Waals surface area contributed by atoms with Gasteiger partial charge in [0.1, 0.15) is 5.54 Å². The highest BCUT2D eigenvalue weighted by Gasteiger charge is 2.44. The van der Waals surface area contributed by atoms with Crippen molar-refractivity contribution in [1.29, 1.82) is 0 Å². The maximum atomic E-state index is 12.2. The molecule has 0 radical (unpaired) electrons. The van der Waals surface area contributed by atoms with E-state index in [0.717, 1.165) is 43.3 Å². The second-order valence-electron chi connectivity index (χ2n) is 7.52. The Kier molecular flexibility index (Phi) is 5.55. The molecule has 0 unspecified atom stereocenters. The van der Waals surface area contributed by atoms with Gasteiger partial charge in [0.2, 0.25) is 0 Å². The summed E-state index contributed by atoms with van der Waals surface area (Å²) in [5.74, 6) is -0.290. The molecule has 142 valence electrons. The van der Waals surface area contributed by atoms with Crippen LogP contribution in [0, 0.1) is 0 Å². The summed E-state index contributed by atoms with van der Waals surface area (Å²) in [5.41, 5.74) is 0.163. The Morgan fingerprint density at radius 3 is 2.42 bits per heavy atom. The molecular formula is C18H27N5O3. The Balaban J connectivity index is 1.43. The van der Waals surface area contributed by atoms with E-state index < -0.39 is 17.7 Å². The molecule has 8 heteroatoms. The van der Waals surface area contributed by atoms with E-state index in [0.29, 0.717) is 6.54 Å². The molecule has 0 spiro atoms. The van der Waals surface area contributed by atoms with Gasteiger partial charge >= 0.3 is 6.03 Å². The third kappa shape index (κ3) is 4.38. The number of urea groups is 1.